The fourth-order valence-electron chi connectivity index (χ4n) is 2.42. The number of carbonyl (C=O) groups is 1. The van der Waals surface area contributed by atoms with Crippen LogP contribution in [-0.4, -0.2) is 31.4 Å². The summed E-state index contributed by atoms with van der Waals surface area (Å²) in [5, 5.41) is 2.88. The number of hydrogen-bond donors (Lipinski definition) is 2. The topological polar surface area (TPSA) is 75.3 Å². The van der Waals surface area contributed by atoms with Crippen LogP contribution in [0.4, 0.5) is 5.69 Å². The van der Waals surface area contributed by atoms with Crippen LogP contribution in [-0.2, 0) is 10.0 Å². The fourth-order valence-corrected chi connectivity index (χ4v) is 4.36. The zero-order valence-electron chi connectivity index (χ0n) is 17.0. The monoisotopic (exact) mass is 420 g/mol. The Morgan fingerprint density at radius 3 is 2.29 bits per heavy atom. The normalized spacial score (nSPS) is 11.9. The second-order valence-corrected chi connectivity index (χ2v) is 11.3. The van der Waals surface area contributed by atoms with Gasteiger partial charge in [0, 0.05) is 22.6 Å². The first-order valence-electron chi connectivity index (χ1n) is 9.10. The summed E-state index contributed by atoms with van der Waals surface area (Å²) in [7, 11) is -3.72. The second-order valence-electron chi connectivity index (χ2n) is 7.66. The van der Waals surface area contributed by atoms with Gasteiger partial charge < -0.3 is 5.32 Å². The first-order chi connectivity index (χ1) is 13.0. The Hall–Kier alpha value is -1.99. The van der Waals surface area contributed by atoms with Gasteiger partial charge in [-0.2, -0.15) is 11.8 Å². The van der Waals surface area contributed by atoms with Crippen molar-refractivity contribution in [3.8, 4) is 0 Å². The van der Waals surface area contributed by atoms with Gasteiger partial charge in [-0.25, -0.2) is 8.42 Å². The summed E-state index contributed by atoms with van der Waals surface area (Å²) in [6.45, 7) is 10.6. The highest BCUT2D eigenvalue weighted by molar-refractivity contribution is 8.00. The van der Waals surface area contributed by atoms with E-state index in [1.807, 2.05) is 6.92 Å². The molecule has 0 saturated heterocycles. The summed E-state index contributed by atoms with van der Waals surface area (Å²) < 4.78 is 28.0. The van der Waals surface area contributed by atoms with Crippen LogP contribution in [0, 0.1) is 13.8 Å². The molecule has 0 atom stereocenters. The molecule has 2 aromatic rings. The average molecular weight is 421 g/mol. The van der Waals surface area contributed by atoms with Crippen molar-refractivity contribution in [2.45, 2.75) is 44.3 Å². The minimum Gasteiger partial charge on any atom is -0.351 e. The van der Waals surface area contributed by atoms with Crippen LogP contribution < -0.4 is 10.0 Å². The number of rotatable bonds is 7. The molecule has 2 N–H and O–H groups in total. The van der Waals surface area contributed by atoms with Crippen LogP contribution in [0.5, 0.6) is 0 Å². The maximum Gasteiger partial charge on any atom is 0.261 e. The van der Waals surface area contributed by atoms with Crippen LogP contribution in [0.3, 0.4) is 0 Å². The van der Waals surface area contributed by atoms with Gasteiger partial charge in [-0.3, -0.25) is 9.52 Å². The summed E-state index contributed by atoms with van der Waals surface area (Å²) in [6, 6.07) is 11.7. The van der Waals surface area contributed by atoms with Gasteiger partial charge >= 0.3 is 0 Å². The molecule has 0 bridgehead atoms. The minimum atomic E-state index is -3.72. The largest absolute Gasteiger partial charge is 0.351 e. The van der Waals surface area contributed by atoms with Gasteiger partial charge in [0.15, 0.2) is 0 Å². The molecule has 1 amide bonds. The van der Waals surface area contributed by atoms with Crippen LogP contribution in [0.1, 0.15) is 42.3 Å². The minimum absolute atomic E-state index is 0.149. The van der Waals surface area contributed by atoms with Gasteiger partial charge in [0.2, 0.25) is 0 Å². The predicted molar refractivity (Wildman–Crippen MR) is 118 cm³/mol. The standard InChI is InChI=1S/C21H28N2O3S2/c1-15-6-10-18(11-7-15)28(25,26)23-19-14-17(9-8-16(19)2)20(24)22-12-13-27-21(3,4)5/h6-11,14,23H,12-13H2,1-5H3,(H,22,24). The van der Waals surface area contributed by atoms with E-state index in [2.05, 4.69) is 30.8 Å². The molecule has 0 aliphatic heterocycles. The summed E-state index contributed by atoms with van der Waals surface area (Å²) in [4.78, 5) is 12.6. The molecule has 28 heavy (non-hydrogen) atoms. The van der Waals surface area contributed by atoms with Crippen molar-refractivity contribution in [3.63, 3.8) is 0 Å². The third-order valence-electron chi connectivity index (χ3n) is 4.00. The van der Waals surface area contributed by atoms with Crippen LogP contribution >= 0.6 is 11.8 Å². The molecule has 0 unspecified atom stereocenters. The molecule has 0 spiro atoms. The molecule has 5 nitrogen and oxygen atoms in total. The Balaban J connectivity index is 2.10. The molecule has 0 saturated carbocycles. The Morgan fingerprint density at radius 2 is 1.68 bits per heavy atom. The zero-order chi connectivity index (χ0) is 20.9. The molecule has 7 heteroatoms. The van der Waals surface area contributed by atoms with Gasteiger partial charge in [-0.05, 0) is 43.7 Å². The summed E-state index contributed by atoms with van der Waals surface area (Å²) in [5.41, 5.74) is 2.55. The van der Waals surface area contributed by atoms with Gasteiger partial charge in [0.1, 0.15) is 0 Å². The molecule has 0 fully saturated rings. The lowest BCUT2D eigenvalue weighted by atomic mass is 10.1. The third-order valence-corrected chi connectivity index (χ3v) is 6.65. The van der Waals surface area contributed by atoms with E-state index in [-0.39, 0.29) is 15.5 Å². The smallest absolute Gasteiger partial charge is 0.261 e. The maximum absolute atomic E-state index is 12.6. The molecule has 2 aromatic carbocycles. The highest BCUT2D eigenvalue weighted by atomic mass is 32.2. The Bertz CT molecular complexity index is 931. The molecule has 0 heterocycles. The molecule has 0 radical (unpaired) electrons. The van der Waals surface area contributed by atoms with Crippen molar-refractivity contribution in [1.82, 2.24) is 5.32 Å². The Morgan fingerprint density at radius 1 is 1.04 bits per heavy atom. The van der Waals surface area contributed by atoms with E-state index in [1.165, 1.54) is 0 Å². The van der Waals surface area contributed by atoms with E-state index in [4.69, 9.17) is 0 Å². The van der Waals surface area contributed by atoms with E-state index < -0.39 is 10.0 Å². The number of sulfonamides is 1. The summed E-state index contributed by atoms with van der Waals surface area (Å²) in [6.07, 6.45) is 0. The number of amides is 1. The first-order valence-corrected chi connectivity index (χ1v) is 11.6. The average Bonchev–Trinajstić information content (AvgIpc) is 2.60. The van der Waals surface area contributed by atoms with Crippen molar-refractivity contribution >= 4 is 33.4 Å². The first kappa shape index (κ1) is 22.3. The maximum atomic E-state index is 12.6. The van der Waals surface area contributed by atoms with E-state index in [9.17, 15) is 13.2 Å². The number of hydrogen-bond acceptors (Lipinski definition) is 4. The van der Waals surface area contributed by atoms with Gasteiger partial charge in [-0.1, -0.05) is 44.5 Å². The number of anilines is 1. The molecular weight excluding hydrogens is 392 g/mol. The Labute approximate surface area is 172 Å². The molecule has 2 rings (SSSR count). The van der Waals surface area contributed by atoms with Crippen LogP contribution in [0.2, 0.25) is 0 Å². The molecule has 0 aliphatic rings. The van der Waals surface area contributed by atoms with Gasteiger partial charge in [0.25, 0.3) is 15.9 Å². The van der Waals surface area contributed by atoms with E-state index >= 15 is 0 Å². The van der Waals surface area contributed by atoms with E-state index in [0.29, 0.717) is 17.8 Å². The number of carbonyl (C=O) groups excluding carboxylic acids is 1. The van der Waals surface area contributed by atoms with Crippen molar-refractivity contribution in [3.05, 3.63) is 59.2 Å². The van der Waals surface area contributed by atoms with Gasteiger partial charge in [0.05, 0.1) is 10.6 Å². The lowest BCUT2D eigenvalue weighted by Gasteiger charge is -2.17. The predicted octanol–water partition coefficient (Wildman–Crippen LogP) is 4.37. The fraction of sp³-hybridized carbons (Fsp3) is 0.381. The summed E-state index contributed by atoms with van der Waals surface area (Å²) >= 11 is 1.78. The van der Waals surface area contributed by atoms with Crippen LogP contribution in [0.15, 0.2) is 47.4 Å². The van der Waals surface area contributed by atoms with Crippen LogP contribution in [0.25, 0.3) is 0 Å². The van der Waals surface area contributed by atoms with Crippen molar-refractivity contribution < 1.29 is 13.2 Å². The number of thioether (sulfide) groups is 1. The van der Waals surface area contributed by atoms with Crippen molar-refractivity contribution in [2.75, 3.05) is 17.0 Å². The van der Waals surface area contributed by atoms with Crippen molar-refractivity contribution in [1.29, 1.82) is 0 Å². The van der Waals surface area contributed by atoms with Gasteiger partial charge in [-0.15, -0.1) is 0 Å². The lowest BCUT2D eigenvalue weighted by Crippen LogP contribution is -2.27. The lowest BCUT2D eigenvalue weighted by molar-refractivity contribution is 0.0956. The Kier molecular flexibility index (Phi) is 7.17. The van der Waals surface area contributed by atoms with E-state index in [0.717, 1.165) is 16.9 Å². The molecule has 0 aliphatic carbocycles. The van der Waals surface area contributed by atoms with E-state index in [1.54, 1.807) is 61.2 Å². The SMILES string of the molecule is Cc1ccc(S(=O)(=O)Nc2cc(C(=O)NCCSC(C)(C)C)ccc2C)cc1. The third kappa shape index (κ3) is 6.56. The summed E-state index contributed by atoms with van der Waals surface area (Å²) in [5.74, 6) is 0.596. The second kappa shape index (κ2) is 9.01. The number of nitrogens with one attached hydrogen (secondary N) is 2. The molecular formula is C21H28N2O3S2. The number of benzene rings is 2. The molecule has 0 aromatic heterocycles. The molecule has 152 valence electrons. The highest BCUT2D eigenvalue weighted by Gasteiger charge is 2.17. The zero-order valence-corrected chi connectivity index (χ0v) is 18.6. The quantitative estimate of drug-likeness (QED) is 0.653. The highest BCUT2D eigenvalue weighted by Crippen LogP contribution is 2.23. The van der Waals surface area contributed by atoms with Crippen molar-refractivity contribution in [2.24, 2.45) is 0 Å². The number of aryl methyl sites for hydroxylation is 2.